The summed E-state index contributed by atoms with van der Waals surface area (Å²) in [4.78, 5) is 10.6. The zero-order chi connectivity index (χ0) is 19.4. The van der Waals surface area contributed by atoms with Gasteiger partial charge in [0.25, 0.3) is 5.69 Å². The lowest BCUT2D eigenvalue weighted by atomic mass is 10.0. The highest BCUT2D eigenvalue weighted by Gasteiger charge is 2.16. The lowest BCUT2D eigenvalue weighted by Crippen LogP contribution is -1.91. The van der Waals surface area contributed by atoms with Gasteiger partial charge in [0, 0.05) is 12.1 Å². The van der Waals surface area contributed by atoms with Crippen molar-refractivity contribution in [2.75, 3.05) is 7.11 Å². The number of hydrogen-bond donors (Lipinski definition) is 0. The summed E-state index contributed by atoms with van der Waals surface area (Å²) in [5.74, 6) is 1.35. The van der Waals surface area contributed by atoms with Crippen LogP contribution in [0.4, 0.5) is 5.69 Å². The Balaban J connectivity index is 1.99. The molecule has 3 aromatic rings. The Hall–Kier alpha value is -3.85. The fourth-order valence-corrected chi connectivity index (χ4v) is 2.63. The van der Waals surface area contributed by atoms with Gasteiger partial charge in [-0.2, -0.15) is 5.26 Å². The lowest BCUT2D eigenvalue weighted by molar-refractivity contribution is -0.384. The van der Waals surface area contributed by atoms with Gasteiger partial charge in [0.2, 0.25) is 0 Å². The van der Waals surface area contributed by atoms with Crippen LogP contribution in [-0.2, 0) is 0 Å². The minimum Gasteiger partial charge on any atom is -0.496 e. The summed E-state index contributed by atoms with van der Waals surface area (Å²) in [5, 5.41) is 20.5. The van der Waals surface area contributed by atoms with Crippen molar-refractivity contribution in [3.8, 4) is 23.1 Å². The van der Waals surface area contributed by atoms with Gasteiger partial charge >= 0.3 is 0 Å². The predicted molar refractivity (Wildman–Crippen MR) is 102 cm³/mol. The number of furan rings is 1. The number of nitro groups is 1. The number of non-ortho nitro benzene ring substituents is 1. The normalized spacial score (nSPS) is 11.1. The summed E-state index contributed by atoms with van der Waals surface area (Å²) in [6, 6.07) is 17.5. The van der Waals surface area contributed by atoms with E-state index in [4.69, 9.17) is 9.15 Å². The molecule has 0 aliphatic rings. The SMILES string of the molecule is COc1ccc([N+](=O)[O-])cc1-c1ccc(/C=C(/C#N)c2ccc(C)cc2)o1. The number of hydrogen-bond acceptors (Lipinski definition) is 5. The Morgan fingerprint density at radius 1 is 1.19 bits per heavy atom. The van der Waals surface area contributed by atoms with Gasteiger partial charge in [-0.15, -0.1) is 0 Å². The molecular formula is C21H16N2O4. The van der Waals surface area contributed by atoms with Crippen molar-refractivity contribution >= 4 is 17.3 Å². The largest absolute Gasteiger partial charge is 0.496 e. The number of nitrogens with zero attached hydrogens (tertiary/aromatic N) is 2. The summed E-state index contributed by atoms with van der Waals surface area (Å²) < 4.78 is 11.1. The van der Waals surface area contributed by atoms with Crippen molar-refractivity contribution in [3.63, 3.8) is 0 Å². The molecule has 0 aliphatic heterocycles. The quantitative estimate of drug-likeness (QED) is 0.353. The molecule has 0 saturated heterocycles. The van der Waals surface area contributed by atoms with E-state index in [0.29, 0.717) is 28.4 Å². The highest BCUT2D eigenvalue weighted by atomic mass is 16.6. The molecule has 6 heteroatoms. The Kier molecular flexibility index (Phi) is 5.04. The second-order valence-corrected chi connectivity index (χ2v) is 5.88. The Morgan fingerprint density at radius 2 is 1.93 bits per heavy atom. The maximum Gasteiger partial charge on any atom is 0.270 e. The first-order chi connectivity index (χ1) is 13.0. The molecule has 0 spiro atoms. The second-order valence-electron chi connectivity index (χ2n) is 5.88. The molecule has 0 fully saturated rings. The molecule has 0 N–H and O–H groups in total. The van der Waals surface area contributed by atoms with Gasteiger partial charge in [-0.25, -0.2) is 0 Å². The van der Waals surface area contributed by atoms with E-state index in [9.17, 15) is 15.4 Å². The number of ether oxygens (including phenoxy) is 1. The molecule has 0 unspecified atom stereocenters. The van der Waals surface area contributed by atoms with E-state index in [-0.39, 0.29) is 5.69 Å². The highest BCUT2D eigenvalue weighted by Crippen LogP contribution is 2.35. The number of rotatable bonds is 5. The number of aryl methyl sites for hydroxylation is 1. The number of nitro benzene ring substituents is 1. The lowest BCUT2D eigenvalue weighted by Gasteiger charge is -2.05. The van der Waals surface area contributed by atoms with Crippen LogP contribution in [0.2, 0.25) is 0 Å². The third-order valence-corrected chi connectivity index (χ3v) is 4.06. The molecule has 0 radical (unpaired) electrons. The highest BCUT2D eigenvalue weighted by molar-refractivity contribution is 5.89. The van der Waals surface area contributed by atoms with Gasteiger partial charge in [-0.05, 0) is 36.8 Å². The molecule has 27 heavy (non-hydrogen) atoms. The van der Waals surface area contributed by atoms with Crippen molar-refractivity contribution in [1.82, 2.24) is 0 Å². The number of methoxy groups -OCH3 is 1. The minimum absolute atomic E-state index is 0.0586. The van der Waals surface area contributed by atoms with E-state index >= 15 is 0 Å². The summed E-state index contributed by atoms with van der Waals surface area (Å²) in [5.41, 5.74) is 2.77. The van der Waals surface area contributed by atoms with E-state index in [0.717, 1.165) is 11.1 Å². The first kappa shape index (κ1) is 18.0. The van der Waals surface area contributed by atoms with Gasteiger partial charge in [-0.3, -0.25) is 10.1 Å². The van der Waals surface area contributed by atoms with E-state index in [2.05, 4.69) is 6.07 Å². The van der Waals surface area contributed by atoms with Crippen LogP contribution in [-0.4, -0.2) is 12.0 Å². The van der Waals surface area contributed by atoms with E-state index in [1.54, 1.807) is 18.2 Å². The monoisotopic (exact) mass is 360 g/mol. The standard InChI is InChI=1S/C21H16N2O4/c1-14-3-5-15(6-4-14)16(13-22)11-18-8-10-21(27-18)19-12-17(23(24)25)7-9-20(19)26-2/h3-12H,1-2H3/b16-11-. The maximum absolute atomic E-state index is 11.0. The Morgan fingerprint density at radius 3 is 2.56 bits per heavy atom. The topological polar surface area (TPSA) is 89.3 Å². The zero-order valence-corrected chi connectivity index (χ0v) is 14.8. The molecule has 3 rings (SSSR count). The van der Waals surface area contributed by atoms with Crippen molar-refractivity contribution < 1.29 is 14.1 Å². The van der Waals surface area contributed by atoms with E-state index in [1.165, 1.54) is 25.3 Å². The van der Waals surface area contributed by atoms with Crippen molar-refractivity contribution in [1.29, 1.82) is 5.26 Å². The molecule has 134 valence electrons. The van der Waals surface area contributed by atoms with Crippen molar-refractivity contribution in [3.05, 3.63) is 81.6 Å². The summed E-state index contributed by atoms with van der Waals surface area (Å²) in [7, 11) is 1.49. The summed E-state index contributed by atoms with van der Waals surface area (Å²) in [6.07, 6.45) is 1.64. The van der Waals surface area contributed by atoms with Crippen LogP contribution >= 0.6 is 0 Å². The average molecular weight is 360 g/mol. The molecule has 0 atom stereocenters. The second kappa shape index (κ2) is 7.58. The van der Waals surface area contributed by atoms with Crippen molar-refractivity contribution in [2.24, 2.45) is 0 Å². The molecule has 0 amide bonds. The first-order valence-corrected chi connectivity index (χ1v) is 8.13. The molecule has 0 bridgehead atoms. The van der Waals surface area contributed by atoms with Gasteiger partial charge in [0.15, 0.2) is 0 Å². The van der Waals surface area contributed by atoms with E-state index < -0.39 is 4.92 Å². The number of allylic oxidation sites excluding steroid dienone is 1. The number of nitriles is 1. The molecule has 2 aromatic carbocycles. The Labute approximate surface area is 156 Å². The van der Waals surface area contributed by atoms with Gasteiger partial charge in [-0.1, -0.05) is 29.8 Å². The molecule has 6 nitrogen and oxygen atoms in total. The van der Waals surface area contributed by atoms with Gasteiger partial charge in [0.05, 0.1) is 29.2 Å². The fraction of sp³-hybridized carbons (Fsp3) is 0.0952. The molecule has 1 heterocycles. The third kappa shape index (κ3) is 3.88. The maximum atomic E-state index is 11.0. The molecule has 1 aromatic heterocycles. The van der Waals surface area contributed by atoms with E-state index in [1.807, 2.05) is 31.2 Å². The van der Waals surface area contributed by atoms with Gasteiger partial charge < -0.3 is 9.15 Å². The van der Waals surface area contributed by atoms with Gasteiger partial charge in [0.1, 0.15) is 17.3 Å². The molecule has 0 aliphatic carbocycles. The predicted octanol–water partition coefficient (Wildman–Crippen LogP) is 5.24. The van der Waals surface area contributed by atoms with Crippen LogP contribution in [0.1, 0.15) is 16.9 Å². The van der Waals surface area contributed by atoms with Crippen LogP contribution in [0.3, 0.4) is 0 Å². The van der Waals surface area contributed by atoms with Crippen LogP contribution < -0.4 is 4.74 Å². The summed E-state index contributed by atoms with van der Waals surface area (Å²) >= 11 is 0. The van der Waals surface area contributed by atoms with Crippen LogP contribution in [0.5, 0.6) is 5.75 Å². The van der Waals surface area contributed by atoms with Crippen LogP contribution in [0, 0.1) is 28.4 Å². The minimum atomic E-state index is -0.474. The summed E-state index contributed by atoms with van der Waals surface area (Å²) in [6.45, 7) is 1.98. The third-order valence-electron chi connectivity index (χ3n) is 4.06. The smallest absolute Gasteiger partial charge is 0.270 e. The fourth-order valence-electron chi connectivity index (χ4n) is 2.63. The van der Waals surface area contributed by atoms with Crippen LogP contribution in [0.15, 0.2) is 59.0 Å². The first-order valence-electron chi connectivity index (χ1n) is 8.13. The van der Waals surface area contributed by atoms with Crippen molar-refractivity contribution in [2.45, 2.75) is 6.92 Å². The molecular weight excluding hydrogens is 344 g/mol. The van der Waals surface area contributed by atoms with Crippen LogP contribution in [0.25, 0.3) is 23.0 Å². The number of benzene rings is 2. The average Bonchev–Trinajstić information content (AvgIpc) is 3.14. The zero-order valence-electron chi connectivity index (χ0n) is 14.8. The Bertz CT molecular complexity index is 1060. The molecule has 0 saturated carbocycles.